The van der Waals surface area contributed by atoms with Crippen molar-refractivity contribution in [1.29, 1.82) is 0 Å². The highest BCUT2D eigenvalue weighted by molar-refractivity contribution is 9.10. The molecule has 0 bridgehead atoms. The number of nitrogens with one attached hydrogen (secondary N) is 1. The van der Waals surface area contributed by atoms with Crippen molar-refractivity contribution in [3.63, 3.8) is 0 Å². The number of carbonyl (C=O) groups excluding carboxylic acids is 1. The lowest BCUT2D eigenvalue weighted by molar-refractivity contribution is 0.0718. The average Bonchev–Trinajstić information content (AvgIpc) is 2.74. The summed E-state index contributed by atoms with van der Waals surface area (Å²) in [5.74, 6) is 0.689. The van der Waals surface area contributed by atoms with Gasteiger partial charge in [0.1, 0.15) is 5.82 Å². The lowest BCUT2D eigenvalue weighted by atomic mass is 10.1. The summed E-state index contributed by atoms with van der Waals surface area (Å²) < 4.78 is 0.828. The minimum atomic E-state index is 0.0510. The summed E-state index contributed by atoms with van der Waals surface area (Å²) in [6, 6.07) is 2.20. The average molecular weight is 340 g/mol. The Bertz CT molecular complexity index is 470. The van der Waals surface area contributed by atoms with Crippen LogP contribution in [0.25, 0.3) is 0 Å². The molecule has 2 rings (SSSR count). The summed E-state index contributed by atoms with van der Waals surface area (Å²) >= 11 is 3.39. The number of rotatable bonds is 3. The molecule has 5 heteroatoms. The maximum absolute atomic E-state index is 12.7. The van der Waals surface area contributed by atoms with E-state index in [1.165, 1.54) is 25.7 Å². The van der Waals surface area contributed by atoms with E-state index >= 15 is 0 Å². The topological polar surface area (TPSA) is 45.2 Å². The van der Waals surface area contributed by atoms with E-state index in [2.05, 4.69) is 26.2 Å². The predicted octanol–water partition coefficient (Wildman–Crippen LogP) is 3.68. The van der Waals surface area contributed by atoms with Gasteiger partial charge in [0.2, 0.25) is 0 Å². The van der Waals surface area contributed by atoms with Crippen LogP contribution in [0.3, 0.4) is 0 Å². The number of aromatic nitrogens is 1. The third kappa shape index (κ3) is 3.51. The zero-order valence-corrected chi connectivity index (χ0v) is 13.7. The van der Waals surface area contributed by atoms with Gasteiger partial charge in [-0.25, -0.2) is 4.98 Å². The maximum atomic E-state index is 12.7. The SMILES string of the molecule is CNc1ncc(Br)cc1C(=O)N(C)C1CCCCCC1. The Hall–Kier alpha value is -1.10. The van der Waals surface area contributed by atoms with Gasteiger partial charge in [-0.15, -0.1) is 0 Å². The molecule has 0 saturated heterocycles. The first-order chi connectivity index (χ1) is 9.63. The van der Waals surface area contributed by atoms with Crippen LogP contribution in [0.5, 0.6) is 0 Å². The molecular weight excluding hydrogens is 318 g/mol. The Morgan fingerprint density at radius 3 is 2.60 bits per heavy atom. The fourth-order valence-electron chi connectivity index (χ4n) is 2.80. The summed E-state index contributed by atoms with van der Waals surface area (Å²) in [6.45, 7) is 0. The van der Waals surface area contributed by atoms with Gasteiger partial charge in [0.25, 0.3) is 5.91 Å². The van der Waals surface area contributed by atoms with E-state index in [-0.39, 0.29) is 5.91 Å². The summed E-state index contributed by atoms with van der Waals surface area (Å²) in [5.41, 5.74) is 0.633. The van der Waals surface area contributed by atoms with Gasteiger partial charge in [0.05, 0.1) is 5.56 Å². The fraction of sp³-hybridized carbons (Fsp3) is 0.600. The van der Waals surface area contributed by atoms with Gasteiger partial charge in [-0.05, 0) is 34.8 Å². The predicted molar refractivity (Wildman–Crippen MR) is 85.1 cm³/mol. The third-order valence-electron chi connectivity index (χ3n) is 4.01. The van der Waals surface area contributed by atoms with Gasteiger partial charge in [-0.3, -0.25) is 4.79 Å². The van der Waals surface area contributed by atoms with Crippen molar-refractivity contribution < 1.29 is 4.79 Å². The van der Waals surface area contributed by atoms with Gasteiger partial charge in [0.15, 0.2) is 0 Å². The highest BCUT2D eigenvalue weighted by atomic mass is 79.9. The molecule has 0 radical (unpaired) electrons. The van der Waals surface area contributed by atoms with Crippen LogP contribution in [-0.4, -0.2) is 35.9 Å². The van der Waals surface area contributed by atoms with E-state index in [9.17, 15) is 4.79 Å². The highest BCUT2D eigenvalue weighted by Crippen LogP contribution is 2.25. The number of halogens is 1. The molecule has 1 aliphatic rings. The van der Waals surface area contributed by atoms with Gasteiger partial charge in [0, 0.05) is 30.8 Å². The molecule has 0 atom stereocenters. The van der Waals surface area contributed by atoms with Crippen LogP contribution in [0.1, 0.15) is 48.9 Å². The molecular formula is C15H22BrN3O. The van der Waals surface area contributed by atoms with Crippen LogP contribution in [0.15, 0.2) is 16.7 Å². The van der Waals surface area contributed by atoms with Crippen molar-refractivity contribution in [2.45, 2.75) is 44.6 Å². The minimum Gasteiger partial charge on any atom is -0.372 e. The van der Waals surface area contributed by atoms with E-state index in [0.717, 1.165) is 17.3 Å². The summed E-state index contributed by atoms with van der Waals surface area (Å²) in [6.07, 6.45) is 8.94. The van der Waals surface area contributed by atoms with Crippen molar-refractivity contribution in [1.82, 2.24) is 9.88 Å². The maximum Gasteiger partial charge on any atom is 0.257 e. The smallest absolute Gasteiger partial charge is 0.257 e. The molecule has 0 aromatic carbocycles. The van der Waals surface area contributed by atoms with E-state index in [0.29, 0.717) is 17.4 Å². The highest BCUT2D eigenvalue weighted by Gasteiger charge is 2.24. The van der Waals surface area contributed by atoms with Crippen molar-refractivity contribution in [2.75, 3.05) is 19.4 Å². The number of pyridine rings is 1. The Morgan fingerprint density at radius 1 is 1.35 bits per heavy atom. The van der Waals surface area contributed by atoms with Crippen molar-refractivity contribution in [3.8, 4) is 0 Å². The van der Waals surface area contributed by atoms with E-state index in [1.807, 2.05) is 18.0 Å². The molecule has 1 heterocycles. The van der Waals surface area contributed by atoms with Gasteiger partial charge < -0.3 is 10.2 Å². The van der Waals surface area contributed by atoms with Gasteiger partial charge in [-0.2, -0.15) is 0 Å². The second kappa shape index (κ2) is 7.07. The molecule has 1 fully saturated rings. The summed E-state index contributed by atoms with van der Waals surface area (Å²) in [4.78, 5) is 18.9. The lowest BCUT2D eigenvalue weighted by Crippen LogP contribution is -2.37. The van der Waals surface area contributed by atoms with Crippen molar-refractivity contribution in [2.24, 2.45) is 0 Å². The monoisotopic (exact) mass is 339 g/mol. The van der Waals surface area contributed by atoms with Crippen molar-refractivity contribution >= 4 is 27.7 Å². The quantitative estimate of drug-likeness (QED) is 0.854. The minimum absolute atomic E-state index is 0.0510. The number of nitrogens with zero attached hydrogens (tertiary/aromatic N) is 2. The molecule has 1 aliphatic carbocycles. The van der Waals surface area contributed by atoms with Crippen LogP contribution >= 0.6 is 15.9 Å². The Labute approximate surface area is 129 Å². The van der Waals surface area contributed by atoms with E-state index in [1.54, 1.807) is 13.2 Å². The Balaban J connectivity index is 2.19. The molecule has 1 aromatic rings. The first kappa shape index (κ1) is 15.3. The number of carbonyl (C=O) groups is 1. The normalized spacial score (nSPS) is 16.6. The second-order valence-corrected chi connectivity index (χ2v) is 6.28. The molecule has 4 nitrogen and oxygen atoms in total. The molecule has 0 unspecified atom stereocenters. The Morgan fingerprint density at radius 2 is 2.00 bits per heavy atom. The fourth-order valence-corrected chi connectivity index (χ4v) is 3.13. The first-order valence-corrected chi connectivity index (χ1v) is 8.03. The number of hydrogen-bond acceptors (Lipinski definition) is 3. The van der Waals surface area contributed by atoms with Crippen LogP contribution in [0.4, 0.5) is 5.82 Å². The second-order valence-electron chi connectivity index (χ2n) is 5.36. The van der Waals surface area contributed by atoms with E-state index in [4.69, 9.17) is 0 Å². The third-order valence-corrected chi connectivity index (χ3v) is 4.45. The number of hydrogen-bond donors (Lipinski definition) is 1. The molecule has 20 heavy (non-hydrogen) atoms. The molecule has 0 aliphatic heterocycles. The van der Waals surface area contributed by atoms with Crippen LogP contribution in [0, 0.1) is 0 Å². The van der Waals surface area contributed by atoms with Crippen LogP contribution in [0.2, 0.25) is 0 Å². The van der Waals surface area contributed by atoms with Crippen LogP contribution in [-0.2, 0) is 0 Å². The van der Waals surface area contributed by atoms with Crippen molar-refractivity contribution in [3.05, 3.63) is 22.3 Å². The lowest BCUT2D eigenvalue weighted by Gasteiger charge is -2.27. The molecule has 1 saturated carbocycles. The summed E-state index contributed by atoms with van der Waals surface area (Å²) in [5, 5.41) is 2.99. The molecule has 1 aromatic heterocycles. The molecule has 0 spiro atoms. The molecule has 110 valence electrons. The Kier molecular flexibility index (Phi) is 5.40. The largest absolute Gasteiger partial charge is 0.372 e. The zero-order chi connectivity index (χ0) is 14.5. The summed E-state index contributed by atoms with van der Waals surface area (Å²) in [7, 11) is 3.71. The van der Waals surface area contributed by atoms with Gasteiger partial charge >= 0.3 is 0 Å². The molecule has 1 N–H and O–H groups in total. The number of amides is 1. The van der Waals surface area contributed by atoms with Crippen LogP contribution < -0.4 is 5.32 Å². The van der Waals surface area contributed by atoms with Gasteiger partial charge in [-0.1, -0.05) is 25.7 Å². The van der Waals surface area contributed by atoms with E-state index < -0.39 is 0 Å². The first-order valence-electron chi connectivity index (χ1n) is 7.24. The zero-order valence-electron chi connectivity index (χ0n) is 12.2. The standard InChI is InChI=1S/C15H22BrN3O/c1-17-14-13(9-11(16)10-18-14)15(20)19(2)12-7-5-3-4-6-8-12/h9-10,12H,3-8H2,1-2H3,(H,17,18). The molecule has 1 amide bonds. The number of anilines is 1.